The number of amides is 1. The van der Waals surface area contributed by atoms with Gasteiger partial charge in [-0.15, -0.1) is 0 Å². The summed E-state index contributed by atoms with van der Waals surface area (Å²) in [6.07, 6.45) is 7.67. The van der Waals surface area contributed by atoms with Crippen LogP contribution in [0.25, 0.3) is 10.9 Å². The van der Waals surface area contributed by atoms with Gasteiger partial charge in [-0.1, -0.05) is 18.2 Å². The summed E-state index contributed by atoms with van der Waals surface area (Å²) in [5.41, 5.74) is 4.91. The Morgan fingerprint density at radius 2 is 2.07 bits per heavy atom. The predicted octanol–water partition coefficient (Wildman–Crippen LogP) is 5.20. The number of hydrogen-bond donors (Lipinski definition) is 2. The van der Waals surface area contributed by atoms with E-state index >= 15 is 0 Å². The van der Waals surface area contributed by atoms with Gasteiger partial charge in [0.25, 0.3) is 0 Å². The van der Waals surface area contributed by atoms with E-state index in [9.17, 15) is 4.79 Å². The highest BCUT2D eigenvalue weighted by atomic mass is 32.1. The van der Waals surface area contributed by atoms with Crippen molar-refractivity contribution in [1.82, 2.24) is 14.9 Å². The van der Waals surface area contributed by atoms with E-state index in [1.54, 1.807) is 11.3 Å². The lowest BCUT2D eigenvalue weighted by molar-refractivity contribution is -0.122. The van der Waals surface area contributed by atoms with Crippen LogP contribution in [0.1, 0.15) is 48.2 Å². The fraction of sp³-hybridized carbons (Fsp3) is 0.261. The molecule has 1 amide bonds. The van der Waals surface area contributed by atoms with Gasteiger partial charge in [-0.2, -0.15) is 11.3 Å². The normalized spacial score (nSPS) is 17.4. The first-order valence-electron chi connectivity index (χ1n) is 9.83. The van der Waals surface area contributed by atoms with Crippen molar-refractivity contribution in [3.05, 3.63) is 82.4 Å². The van der Waals surface area contributed by atoms with Crippen molar-refractivity contribution in [2.45, 2.75) is 37.8 Å². The number of thiophene rings is 1. The summed E-state index contributed by atoms with van der Waals surface area (Å²) in [6, 6.07) is 14.7. The topological polar surface area (TPSA) is 49.8 Å². The van der Waals surface area contributed by atoms with E-state index in [1.165, 1.54) is 22.2 Å². The van der Waals surface area contributed by atoms with Gasteiger partial charge in [0, 0.05) is 29.0 Å². The molecule has 4 nitrogen and oxygen atoms in total. The zero-order valence-corrected chi connectivity index (χ0v) is 16.4. The lowest BCUT2D eigenvalue weighted by Crippen LogP contribution is -2.32. The molecule has 1 aliphatic rings. The number of aromatic nitrogens is 2. The first kappa shape index (κ1) is 17.3. The number of nitrogens with one attached hydrogen (secondary N) is 2. The fourth-order valence-corrected chi connectivity index (χ4v) is 5.11. The van der Waals surface area contributed by atoms with Crippen LogP contribution in [0, 0.1) is 0 Å². The smallest absolute Gasteiger partial charge is 0.222 e. The summed E-state index contributed by atoms with van der Waals surface area (Å²) in [5.74, 6) is 0.0985. The molecule has 4 aromatic rings. The lowest BCUT2D eigenvalue weighted by atomic mass is 9.91. The van der Waals surface area contributed by atoms with Gasteiger partial charge in [0.2, 0.25) is 5.91 Å². The number of carbonyl (C=O) groups is 1. The fourth-order valence-electron chi connectivity index (χ4n) is 4.40. The van der Waals surface area contributed by atoms with Crippen molar-refractivity contribution in [2.75, 3.05) is 0 Å². The highest BCUT2D eigenvalue weighted by Gasteiger charge is 2.26. The zero-order chi connectivity index (χ0) is 18.9. The second-order valence-electron chi connectivity index (χ2n) is 7.48. The molecule has 1 aliphatic carbocycles. The number of benzene rings is 1. The molecule has 2 unspecified atom stereocenters. The molecule has 5 rings (SSSR count). The Balaban J connectivity index is 1.37. The first-order valence-corrected chi connectivity index (χ1v) is 10.8. The standard InChI is InChI=1S/C23H23N3OS/c27-22(14-21(16-10-13-28-15-16)26-11-3-4-12-26)24-20-9-5-7-18-17-6-1-2-8-19(17)25-23(18)20/h1-4,6,8,10-13,15,20-21,25H,5,7,9,14H2,(H,24,27). The van der Waals surface area contributed by atoms with Gasteiger partial charge in [0.1, 0.15) is 0 Å². The largest absolute Gasteiger partial charge is 0.356 e. The van der Waals surface area contributed by atoms with Crippen LogP contribution in [-0.2, 0) is 11.2 Å². The van der Waals surface area contributed by atoms with Gasteiger partial charge in [-0.3, -0.25) is 4.79 Å². The number of H-pyrrole nitrogens is 1. The van der Waals surface area contributed by atoms with E-state index in [4.69, 9.17) is 0 Å². The minimum Gasteiger partial charge on any atom is -0.356 e. The first-order chi connectivity index (χ1) is 13.8. The lowest BCUT2D eigenvalue weighted by Gasteiger charge is -2.25. The molecule has 0 bridgehead atoms. The van der Waals surface area contributed by atoms with E-state index in [1.807, 2.05) is 24.5 Å². The average molecular weight is 390 g/mol. The van der Waals surface area contributed by atoms with E-state index < -0.39 is 0 Å². The molecular formula is C23H23N3OS. The van der Waals surface area contributed by atoms with Gasteiger partial charge >= 0.3 is 0 Å². The maximum absolute atomic E-state index is 13.0. The molecule has 3 aromatic heterocycles. The highest BCUT2D eigenvalue weighted by Crippen LogP contribution is 2.35. The predicted molar refractivity (Wildman–Crippen MR) is 114 cm³/mol. The van der Waals surface area contributed by atoms with Gasteiger partial charge in [0.15, 0.2) is 0 Å². The molecule has 5 heteroatoms. The Hall–Kier alpha value is -2.79. The van der Waals surface area contributed by atoms with Crippen molar-refractivity contribution in [3.8, 4) is 0 Å². The molecule has 0 saturated carbocycles. The van der Waals surface area contributed by atoms with Crippen molar-refractivity contribution < 1.29 is 4.79 Å². The van der Waals surface area contributed by atoms with Gasteiger partial charge in [-0.25, -0.2) is 0 Å². The van der Waals surface area contributed by atoms with Crippen LogP contribution in [0.3, 0.4) is 0 Å². The van der Waals surface area contributed by atoms with Crippen LogP contribution in [0.15, 0.2) is 65.6 Å². The molecule has 0 aliphatic heterocycles. The highest BCUT2D eigenvalue weighted by molar-refractivity contribution is 7.08. The maximum atomic E-state index is 13.0. The molecule has 0 saturated heterocycles. The van der Waals surface area contributed by atoms with Crippen LogP contribution < -0.4 is 5.32 Å². The molecular weight excluding hydrogens is 366 g/mol. The van der Waals surface area contributed by atoms with E-state index in [-0.39, 0.29) is 18.0 Å². The summed E-state index contributed by atoms with van der Waals surface area (Å²) < 4.78 is 2.12. The quantitative estimate of drug-likeness (QED) is 0.484. The summed E-state index contributed by atoms with van der Waals surface area (Å²) in [4.78, 5) is 16.6. The number of aromatic amines is 1. The molecule has 28 heavy (non-hydrogen) atoms. The third-order valence-electron chi connectivity index (χ3n) is 5.74. The number of rotatable bonds is 5. The minimum atomic E-state index is 0.0343. The Labute approximate surface area is 168 Å². The Bertz CT molecular complexity index is 1040. The van der Waals surface area contributed by atoms with Crippen molar-refractivity contribution in [3.63, 3.8) is 0 Å². The van der Waals surface area contributed by atoms with Crippen LogP contribution in [0.5, 0.6) is 0 Å². The van der Waals surface area contributed by atoms with Gasteiger partial charge in [0.05, 0.1) is 18.5 Å². The molecule has 2 atom stereocenters. The molecule has 1 aromatic carbocycles. The van der Waals surface area contributed by atoms with Crippen LogP contribution in [-0.4, -0.2) is 15.5 Å². The number of para-hydroxylation sites is 1. The molecule has 0 fully saturated rings. The minimum absolute atomic E-state index is 0.0343. The summed E-state index contributed by atoms with van der Waals surface area (Å²) in [5, 5.41) is 8.81. The maximum Gasteiger partial charge on any atom is 0.222 e. The average Bonchev–Trinajstić information content (AvgIpc) is 3.47. The number of fused-ring (bicyclic) bond motifs is 3. The Morgan fingerprint density at radius 1 is 1.21 bits per heavy atom. The third kappa shape index (κ3) is 3.16. The number of aryl methyl sites for hydroxylation is 1. The van der Waals surface area contributed by atoms with E-state index in [2.05, 4.69) is 56.0 Å². The zero-order valence-electron chi connectivity index (χ0n) is 15.6. The Morgan fingerprint density at radius 3 is 2.89 bits per heavy atom. The Kier molecular flexibility index (Phi) is 4.53. The molecule has 142 valence electrons. The van der Waals surface area contributed by atoms with Gasteiger partial charge < -0.3 is 14.9 Å². The van der Waals surface area contributed by atoms with Crippen LogP contribution >= 0.6 is 11.3 Å². The summed E-state index contributed by atoms with van der Waals surface area (Å²) in [6.45, 7) is 0. The van der Waals surface area contributed by atoms with Crippen LogP contribution in [0.2, 0.25) is 0 Å². The van der Waals surface area contributed by atoms with Crippen molar-refractivity contribution >= 4 is 28.1 Å². The number of hydrogen-bond acceptors (Lipinski definition) is 2. The van der Waals surface area contributed by atoms with Crippen LogP contribution in [0.4, 0.5) is 0 Å². The summed E-state index contributed by atoms with van der Waals surface area (Å²) in [7, 11) is 0. The molecule has 0 radical (unpaired) electrons. The second-order valence-corrected chi connectivity index (χ2v) is 8.26. The second kappa shape index (κ2) is 7.32. The SMILES string of the molecule is O=C(CC(c1ccsc1)n1cccc1)NC1CCCc2c1[nH]c1ccccc21. The monoisotopic (exact) mass is 389 g/mol. The van der Waals surface area contributed by atoms with Crippen molar-refractivity contribution in [2.24, 2.45) is 0 Å². The van der Waals surface area contributed by atoms with Gasteiger partial charge in [-0.05, 0) is 65.4 Å². The summed E-state index contributed by atoms with van der Waals surface area (Å²) >= 11 is 1.67. The third-order valence-corrected chi connectivity index (χ3v) is 6.45. The van der Waals surface area contributed by atoms with Crippen molar-refractivity contribution in [1.29, 1.82) is 0 Å². The van der Waals surface area contributed by atoms with E-state index in [0.717, 1.165) is 24.8 Å². The molecule has 0 spiro atoms. The number of nitrogens with zero attached hydrogens (tertiary/aromatic N) is 1. The number of carbonyl (C=O) groups excluding carboxylic acids is 1. The molecule has 2 N–H and O–H groups in total. The van der Waals surface area contributed by atoms with E-state index in [0.29, 0.717) is 6.42 Å². The molecule has 3 heterocycles.